The van der Waals surface area contributed by atoms with Crippen molar-refractivity contribution in [1.82, 2.24) is 0 Å². The predicted octanol–water partition coefficient (Wildman–Crippen LogP) is 2.74. The van der Waals surface area contributed by atoms with E-state index in [-0.39, 0.29) is 17.5 Å². The van der Waals surface area contributed by atoms with Crippen molar-refractivity contribution in [2.24, 2.45) is 0 Å². The molecule has 0 heterocycles. The highest BCUT2D eigenvalue weighted by atomic mass is 32.1. The van der Waals surface area contributed by atoms with Crippen LogP contribution in [0.3, 0.4) is 0 Å². The van der Waals surface area contributed by atoms with Gasteiger partial charge in [0.25, 0.3) is 0 Å². The first-order chi connectivity index (χ1) is 7.83. The first kappa shape index (κ1) is 13.8. The fraction of sp³-hybridized carbons (Fsp3) is 0.385. The van der Waals surface area contributed by atoms with Gasteiger partial charge in [0.1, 0.15) is 5.75 Å². The average molecular weight is 252 g/mol. The molecule has 0 bridgehead atoms. The molecular weight excluding hydrogens is 236 g/mol. The molecule has 3 nitrogen and oxygen atoms in total. The summed E-state index contributed by atoms with van der Waals surface area (Å²) in [4.78, 5) is 22.1. The summed E-state index contributed by atoms with van der Waals surface area (Å²) in [5, 5.41) is -0.187. The Morgan fingerprint density at radius 1 is 1.29 bits per heavy atom. The van der Waals surface area contributed by atoms with Gasteiger partial charge < -0.3 is 4.74 Å². The van der Waals surface area contributed by atoms with Crippen molar-refractivity contribution in [1.29, 1.82) is 0 Å². The van der Waals surface area contributed by atoms with E-state index in [9.17, 15) is 9.59 Å². The lowest BCUT2D eigenvalue weighted by atomic mass is 9.81. The second-order valence-corrected chi connectivity index (χ2v) is 5.04. The van der Waals surface area contributed by atoms with Crippen LogP contribution in [0.5, 0.6) is 5.75 Å². The van der Waals surface area contributed by atoms with Crippen LogP contribution in [0.15, 0.2) is 24.3 Å². The lowest BCUT2D eigenvalue weighted by Crippen LogP contribution is -2.21. The standard InChI is InChI=1S/C13H16O3S/c1-9(14)16-11-7-5-4-6-10(11)13(2,3)8-12(15)17/h4-7H,8H2,1-3H3,(H,15,17). The van der Waals surface area contributed by atoms with E-state index in [1.807, 2.05) is 26.0 Å². The van der Waals surface area contributed by atoms with Crippen LogP contribution >= 0.6 is 12.6 Å². The van der Waals surface area contributed by atoms with Gasteiger partial charge in [-0.3, -0.25) is 9.59 Å². The summed E-state index contributed by atoms with van der Waals surface area (Å²) >= 11 is 3.80. The Labute approximate surface area is 107 Å². The fourth-order valence-corrected chi connectivity index (χ4v) is 2.14. The number of benzene rings is 1. The lowest BCUT2D eigenvalue weighted by molar-refractivity contribution is -0.131. The molecule has 0 spiro atoms. The highest BCUT2D eigenvalue weighted by Crippen LogP contribution is 2.34. The topological polar surface area (TPSA) is 43.4 Å². The van der Waals surface area contributed by atoms with Crippen molar-refractivity contribution in [3.63, 3.8) is 0 Å². The van der Waals surface area contributed by atoms with E-state index in [0.29, 0.717) is 5.75 Å². The predicted molar refractivity (Wildman–Crippen MR) is 69.4 cm³/mol. The van der Waals surface area contributed by atoms with Crippen molar-refractivity contribution in [3.8, 4) is 5.75 Å². The van der Waals surface area contributed by atoms with Crippen molar-refractivity contribution < 1.29 is 14.3 Å². The van der Waals surface area contributed by atoms with Gasteiger partial charge in [-0.1, -0.05) is 32.0 Å². The molecule has 0 unspecified atom stereocenters. The van der Waals surface area contributed by atoms with Crippen LogP contribution in [-0.4, -0.2) is 11.1 Å². The summed E-state index contributed by atoms with van der Waals surface area (Å²) < 4.78 is 5.14. The van der Waals surface area contributed by atoms with Crippen LogP contribution in [0.25, 0.3) is 0 Å². The highest BCUT2D eigenvalue weighted by molar-refractivity contribution is 7.96. The molecule has 1 aromatic rings. The first-order valence-electron chi connectivity index (χ1n) is 5.32. The van der Waals surface area contributed by atoms with Crippen molar-refractivity contribution in [2.45, 2.75) is 32.6 Å². The van der Waals surface area contributed by atoms with Gasteiger partial charge in [0.15, 0.2) is 5.12 Å². The maximum Gasteiger partial charge on any atom is 0.308 e. The SMILES string of the molecule is CC(=O)Oc1ccccc1C(C)(C)CC(=O)S. The maximum atomic E-state index is 11.1. The number of carbonyl (C=O) groups is 2. The second-order valence-electron chi connectivity index (χ2n) is 4.54. The molecule has 0 aliphatic rings. The summed E-state index contributed by atoms with van der Waals surface area (Å²) in [6, 6.07) is 7.23. The normalized spacial score (nSPS) is 11.1. The number of para-hydroxylation sites is 1. The molecule has 0 aliphatic carbocycles. The number of ether oxygens (including phenoxy) is 1. The van der Waals surface area contributed by atoms with Crippen LogP contribution in [0.2, 0.25) is 0 Å². The van der Waals surface area contributed by atoms with Crippen LogP contribution in [0, 0.1) is 0 Å². The zero-order chi connectivity index (χ0) is 13.1. The van der Waals surface area contributed by atoms with Gasteiger partial charge in [0, 0.05) is 24.3 Å². The Morgan fingerprint density at radius 3 is 2.41 bits per heavy atom. The molecule has 0 aromatic heterocycles. The van der Waals surface area contributed by atoms with Crippen LogP contribution in [-0.2, 0) is 15.0 Å². The molecule has 92 valence electrons. The summed E-state index contributed by atoms with van der Waals surface area (Å²) in [6.07, 6.45) is 0.286. The molecule has 0 amide bonds. The minimum Gasteiger partial charge on any atom is -0.426 e. The van der Waals surface area contributed by atoms with E-state index in [1.54, 1.807) is 12.1 Å². The minimum absolute atomic E-state index is 0.187. The summed E-state index contributed by atoms with van der Waals surface area (Å²) in [6.45, 7) is 5.19. The molecule has 17 heavy (non-hydrogen) atoms. The maximum absolute atomic E-state index is 11.1. The van der Waals surface area contributed by atoms with Crippen LogP contribution < -0.4 is 4.74 Å². The van der Waals surface area contributed by atoms with E-state index in [1.165, 1.54) is 6.92 Å². The molecule has 0 radical (unpaired) electrons. The zero-order valence-electron chi connectivity index (χ0n) is 10.2. The molecule has 1 rings (SSSR count). The third-order valence-corrected chi connectivity index (χ3v) is 2.62. The molecule has 0 atom stereocenters. The van der Waals surface area contributed by atoms with Crippen molar-refractivity contribution in [2.75, 3.05) is 0 Å². The second kappa shape index (κ2) is 5.36. The van der Waals surface area contributed by atoms with Gasteiger partial charge in [-0.25, -0.2) is 0 Å². The summed E-state index contributed by atoms with van der Waals surface area (Å²) in [5.74, 6) is 0.130. The Hall–Kier alpha value is -1.29. The average Bonchev–Trinajstić information content (AvgIpc) is 2.15. The number of esters is 1. The number of hydrogen-bond donors (Lipinski definition) is 1. The number of rotatable bonds is 4. The molecule has 0 N–H and O–H groups in total. The lowest BCUT2D eigenvalue weighted by Gasteiger charge is -2.25. The van der Waals surface area contributed by atoms with E-state index in [4.69, 9.17) is 4.74 Å². The highest BCUT2D eigenvalue weighted by Gasteiger charge is 2.26. The molecule has 0 saturated heterocycles. The van der Waals surface area contributed by atoms with E-state index in [2.05, 4.69) is 12.6 Å². The Balaban J connectivity index is 3.11. The zero-order valence-corrected chi connectivity index (χ0v) is 11.1. The third kappa shape index (κ3) is 3.89. The van der Waals surface area contributed by atoms with Crippen molar-refractivity contribution >= 4 is 23.7 Å². The third-order valence-electron chi connectivity index (χ3n) is 2.46. The molecule has 4 heteroatoms. The fourth-order valence-electron chi connectivity index (χ4n) is 1.74. The van der Waals surface area contributed by atoms with Crippen molar-refractivity contribution in [3.05, 3.63) is 29.8 Å². The molecule has 1 aromatic carbocycles. The summed E-state index contributed by atoms with van der Waals surface area (Å²) in [5.41, 5.74) is 0.419. The van der Waals surface area contributed by atoms with Crippen LogP contribution in [0.1, 0.15) is 32.8 Å². The first-order valence-corrected chi connectivity index (χ1v) is 5.77. The van der Waals surface area contributed by atoms with Gasteiger partial charge >= 0.3 is 5.97 Å². The van der Waals surface area contributed by atoms with Gasteiger partial charge in [-0.05, 0) is 6.07 Å². The Bertz CT molecular complexity index is 438. The van der Waals surface area contributed by atoms with E-state index in [0.717, 1.165) is 5.56 Å². The van der Waals surface area contributed by atoms with Gasteiger partial charge in [0.2, 0.25) is 0 Å². The number of thiol groups is 1. The molecular formula is C13H16O3S. The van der Waals surface area contributed by atoms with Gasteiger partial charge in [-0.2, -0.15) is 0 Å². The largest absolute Gasteiger partial charge is 0.426 e. The molecule has 0 fully saturated rings. The quantitative estimate of drug-likeness (QED) is 0.509. The monoisotopic (exact) mass is 252 g/mol. The van der Waals surface area contributed by atoms with Crippen LogP contribution in [0.4, 0.5) is 0 Å². The summed E-state index contributed by atoms with van der Waals surface area (Å²) in [7, 11) is 0. The Kier molecular flexibility index (Phi) is 4.34. The Morgan fingerprint density at radius 2 is 1.88 bits per heavy atom. The molecule has 0 aliphatic heterocycles. The number of hydrogen-bond acceptors (Lipinski definition) is 3. The minimum atomic E-state index is -0.412. The smallest absolute Gasteiger partial charge is 0.308 e. The molecule has 0 saturated carbocycles. The van der Waals surface area contributed by atoms with Gasteiger partial charge in [-0.15, -0.1) is 12.6 Å². The number of carbonyl (C=O) groups excluding carboxylic acids is 2. The van der Waals surface area contributed by atoms with E-state index < -0.39 is 5.41 Å². The van der Waals surface area contributed by atoms with Gasteiger partial charge in [0.05, 0.1) is 0 Å². The van der Waals surface area contributed by atoms with E-state index >= 15 is 0 Å².